The third-order valence-electron chi connectivity index (χ3n) is 3.00. The first-order valence-corrected chi connectivity index (χ1v) is 5.74. The molecule has 2 heteroatoms. The van der Waals surface area contributed by atoms with Gasteiger partial charge in [-0.15, -0.1) is 0 Å². The highest BCUT2D eigenvalue weighted by molar-refractivity contribution is 5.34. The average molecular weight is 228 g/mol. The first-order chi connectivity index (χ1) is 8.20. The van der Waals surface area contributed by atoms with Crippen LogP contribution >= 0.6 is 0 Å². The van der Waals surface area contributed by atoms with E-state index in [2.05, 4.69) is 49.1 Å². The Morgan fingerprint density at radius 2 is 1.35 bits per heavy atom. The van der Waals surface area contributed by atoms with Crippen LogP contribution in [-0.4, -0.2) is 7.11 Å². The molecule has 1 atom stereocenters. The van der Waals surface area contributed by atoms with E-state index in [1.54, 1.807) is 7.11 Å². The highest BCUT2D eigenvalue weighted by Crippen LogP contribution is 2.20. The summed E-state index contributed by atoms with van der Waals surface area (Å²) in [5, 5.41) is 0. The van der Waals surface area contributed by atoms with Gasteiger partial charge in [-0.05, 0) is 31.2 Å². The molecule has 0 heterocycles. The first-order valence-electron chi connectivity index (χ1n) is 5.74. The SMILES string of the molecule is COc1ccc(C([NH3+])c2ccc(C)cc2)cc1. The molecule has 0 aliphatic heterocycles. The van der Waals surface area contributed by atoms with E-state index in [-0.39, 0.29) is 6.04 Å². The van der Waals surface area contributed by atoms with E-state index in [4.69, 9.17) is 4.74 Å². The maximum absolute atomic E-state index is 5.15. The number of hydrogen-bond acceptors (Lipinski definition) is 1. The van der Waals surface area contributed by atoms with Crippen LogP contribution in [0.25, 0.3) is 0 Å². The molecule has 0 saturated heterocycles. The van der Waals surface area contributed by atoms with Crippen molar-refractivity contribution < 1.29 is 10.5 Å². The molecule has 3 N–H and O–H groups in total. The van der Waals surface area contributed by atoms with Crippen molar-refractivity contribution in [3.8, 4) is 5.75 Å². The van der Waals surface area contributed by atoms with Crippen LogP contribution in [0.2, 0.25) is 0 Å². The Morgan fingerprint density at radius 3 is 1.82 bits per heavy atom. The summed E-state index contributed by atoms with van der Waals surface area (Å²) in [6.45, 7) is 2.09. The summed E-state index contributed by atoms with van der Waals surface area (Å²) in [6.07, 6.45) is 0. The van der Waals surface area contributed by atoms with Gasteiger partial charge < -0.3 is 10.5 Å². The molecule has 0 bridgehead atoms. The zero-order valence-corrected chi connectivity index (χ0v) is 10.3. The Kier molecular flexibility index (Phi) is 3.45. The lowest BCUT2D eigenvalue weighted by Crippen LogP contribution is -2.53. The number of hydrogen-bond donors (Lipinski definition) is 1. The van der Waals surface area contributed by atoms with Gasteiger partial charge in [-0.3, -0.25) is 0 Å². The lowest BCUT2D eigenvalue weighted by molar-refractivity contribution is -0.411. The number of methoxy groups -OCH3 is 1. The van der Waals surface area contributed by atoms with E-state index in [0.717, 1.165) is 5.75 Å². The topological polar surface area (TPSA) is 36.9 Å². The first kappa shape index (κ1) is 11.7. The fourth-order valence-corrected chi connectivity index (χ4v) is 1.83. The molecule has 0 aliphatic rings. The molecule has 2 aromatic rings. The molecule has 0 amide bonds. The summed E-state index contributed by atoms with van der Waals surface area (Å²) in [4.78, 5) is 0. The van der Waals surface area contributed by atoms with Crippen molar-refractivity contribution in [2.45, 2.75) is 13.0 Å². The molecule has 0 aliphatic carbocycles. The Morgan fingerprint density at radius 1 is 0.882 bits per heavy atom. The molecular formula is C15H18NO+. The number of ether oxygens (including phenoxy) is 1. The lowest BCUT2D eigenvalue weighted by atomic mass is 9.99. The van der Waals surface area contributed by atoms with Crippen LogP contribution in [0.15, 0.2) is 48.5 Å². The minimum absolute atomic E-state index is 0.168. The zero-order chi connectivity index (χ0) is 12.3. The second-order valence-corrected chi connectivity index (χ2v) is 4.24. The van der Waals surface area contributed by atoms with Crippen LogP contribution in [0, 0.1) is 6.92 Å². The van der Waals surface area contributed by atoms with Gasteiger partial charge in [0.15, 0.2) is 0 Å². The van der Waals surface area contributed by atoms with Crippen molar-refractivity contribution in [3.05, 3.63) is 65.2 Å². The maximum atomic E-state index is 5.15. The van der Waals surface area contributed by atoms with Crippen molar-refractivity contribution >= 4 is 0 Å². The van der Waals surface area contributed by atoms with Gasteiger partial charge in [0.2, 0.25) is 0 Å². The molecule has 0 fully saturated rings. The molecule has 1 unspecified atom stereocenters. The summed E-state index contributed by atoms with van der Waals surface area (Å²) in [5.74, 6) is 0.879. The summed E-state index contributed by atoms with van der Waals surface area (Å²) >= 11 is 0. The molecule has 0 spiro atoms. The zero-order valence-electron chi connectivity index (χ0n) is 10.3. The summed E-state index contributed by atoms with van der Waals surface area (Å²) in [6, 6.07) is 16.8. The van der Waals surface area contributed by atoms with Crippen LogP contribution in [0.5, 0.6) is 5.75 Å². The second-order valence-electron chi connectivity index (χ2n) is 4.24. The number of aryl methyl sites for hydroxylation is 1. The van der Waals surface area contributed by atoms with Crippen LogP contribution in [0.3, 0.4) is 0 Å². The minimum Gasteiger partial charge on any atom is -0.497 e. The van der Waals surface area contributed by atoms with Crippen LogP contribution in [0.4, 0.5) is 0 Å². The highest BCUT2D eigenvalue weighted by Gasteiger charge is 2.11. The Balaban J connectivity index is 2.23. The molecule has 2 rings (SSSR count). The summed E-state index contributed by atoms with van der Waals surface area (Å²) < 4.78 is 5.15. The molecular weight excluding hydrogens is 210 g/mol. The van der Waals surface area contributed by atoms with Gasteiger partial charge in [0.25, 0.3) is 0 Å². The van der Waals surface area contributed by atoms with Gasteiger partial charge in [0.1, 0.15) is 11.8 Å². The smallest absolute Gasteiger partial charge is 0.136 e. The van der Waals surface area contributed by atoms with Gasteiger partial charge >= 0.3 is 0 Å². The Hall–Kier alpha value is -1.80. The van der Waals surface area contributed by atoms with Crippen molar-refractivity contribution in [3.63, 3.8) is 0 Å². The van der Waals surface area contributed by atoms with Gasteiger partial charge in [0, 0.05) is 11.1 Å². The Bertz CT molecular complexity index is 473. The highest BCUT2D eigenvalue weighted by atomic mass is 16.5. The largest absolute Gasteiger partial charge is 0.497 e. The number of benzene rings is 2. The fourth-order valence-electron chi connectivity index (χ4n) is 1.83. The van der Waals surface area contributed by atoms with Gasteiger partial charge in [-0.2, -0.15) is 0 Å². The van der Waals surface area contributed by atoms with E-state index >= 15 is 0 Å². The van der Waals surface area contributed by atoms with Crippen LogP contribution in [0.1, 0.15) is 22.7 Å². The molecule has 0 radical (unpaired) electrons. The van der Waals surface area contributed by atoms with E-state index in [1.807, 2.05) is 12.1 Å². The van der Waals surface area contributed by atoms with E-state index in [1.165, 1.54) is 16.7 Å². The van der Waals surface area contributed by atoms with Gasteiger partial charge in [-0.1, -0.05) is 29.8 Å². The monoisotopic (exact) mass is 228 g/mol. The standard InChI is InChI=1S/C15H17NO/c1-11-3-5-12(6-4-11)15(16)13-7-9-14(17-2)10-8-13/h3-10,15H,16H2,1-2H3/p+1. The van der Waals surface area contributed by atoms with E-state index < -0.39 is 0 Å². The van der Waals surface area contributed by atoms with Crippen molar-refractivity contribution in [2.75, 3.05) is 7.11 Å². The summed E-state index contributed by atoms with van der Waals surface area (Å²) in [5.41, 5.74) is 7.94. The van der Waals surface area contributed by atoms with E-state index in [0.29, 0.717) is 0 Å². The van der Waals surface area contributed by atoms with Gasteiger partial charge in [-0.25, -0.2) is 0 Å². The summed E-state index contributed by atoms with van der Waals surface area (Å²) in [7, 11) is 1.68. The quantitative estimate of drug-likeness (QED) is 0.860. The third kappa shape index (κ3) is 2.66. The van der Waals surface area contributed by atoms with Crippen molar-refractivity contribution in [1.29, 1.82) is 0 Å². The molecule has 0 aromatic heterocycles. The maximum Gasteiger partial charge on any atom is 0.136 e. The average Bonchev–Trinajstić information content (AvgIpc) is 2.39. The van der Waals surface area contributed by atoms with Gasteiger partial charge in [0.05, 0.1) is 7.11 Å². The molecule has 17 heavy (non-hydrogen) atoms. The van der Waals surface area contributed by atoms with Crippen LogP contribution in [-0.2, 0) is 0 Å². The lowest BCUT2D eigenvalue weighted by Gasteiger charge is -2.10. The number of rotatable bonds is 3. The fraction of sp³-hybridized carbons (Fsp3) is 0.200. The van der Waals surface area contributed by atoms with Crippen LogP contribution < -0.4 is 10.5 Å². The van der Waals surface area contributed by atoms with Crippen molar-refractivity contribution in [2.24, 2.45) is 0 Å². The minimum atomic E-state index is 0.168. The van der Waals surface area contributed by atoms with E-state index in [9.17, 15) is 0 Å². The predicted molar refractivity (Wildman–Crippen MR) is 68.9 cm³/mol. The molecule has 88 valence electrons. The number of quaternary nitrogens is 1. The second kappa shape index (κ2) is 5.02. The Labute approximate surface area is 102 Å². The molecule has 0 saturated carbocycles. The van der Waals surface area contributed by atoms with Crippen molar-refractivity contribution in [1.82, 2.24) is 0 Å². The third-order valence-corrected chi connectivity index (χ3v) is 3.00. The molecule has 2 nitrogen and oxygen atoms in total. The normalized spacial score (nSPS) is 12.2. The predicted octanol–water partition coefficient (Wildman–Crippen LogP) is 2.33. The molecule has 2 aromatic carbocycles.